The van der Waals surface area contributed by atoms with E-state index in [9.17, 15) is 18.3 Å². The van der Waals surface area contributed by atoms with Crippen LogP contribution in [0.2, 0.25) is 5.02 Å². The standard InChI is InChI=1S/C29H32ClN5O4S/c1-28(2,3)29(34-27(36)37)15-9-10-19(16-29)32-26-31-17-23(30)25(33-26)22-18-35(24-14-8-7-13-21(22)24)40(38,39)20-11-5-4-6-12-20/h4-8,11-14,17-19,34H,9-10,15-16H2,1-3H3,(H,36,37)(H,31,32,33)/t19-,29?/m1/s1. The summed E-state index contributed by atoms with van der Waals surface area (Å²) < 4.78 is 28.4. The second-order valence-electron chi connectivity index (χ2n) is 11.3. The number of halogens is 1. The van der Waals surface area contributed by atoms with E-state index >= 15 is 0 Å². The first-order valence-corrected chi connectivity index (χ1v) is 14.9. The van der Waals surface area contributed by atoms with Crippen LogP contribution in [0.4, 0.5) is 10.7 Å². The highest BCUT2D eigenvalue weighted by molar-refractivity contribution is 7.90. The van der Waals surface area contributed by atoms with Crippen LogP contribution in [0.15, 0.2) is 71.9 Å². The van der Waals surface area contributed by atoms with Crippen LogP contribution in [-0.2, 0) is 10.0 Å². The smallest absolute Gasteiger partial charge is 0.405 e. The van der Waals surface area contributed by atoms with Crippen molar-refractivity contribution in [2.45, 2.75) is 62.9 Å². The summed E-state index contributed by atoms with van der Waals surface area (Å²) in [5, 5.41) is 16.7. The molecule has 0 aliphatic heterocycles. The van der Waals surface area contributed by atoms with Gasteiger partial charge in [0.2, 0.25) is 5.95 Å². The number of benzene rings is 2. The molecule has 9 nitrogen and oxygen atoms in total. The van der Waals surface area contributed by atoms with Gasteiger partial charge in [-0.15, -0.1) is 0 Å². The Labute approximate surface area is 238 Å². The van der Waals surface area contributed by atoms with Gasteiger partial charge < -0.3 is 15.7 Å². The molecule has 2 aromatic heterocycles. The van der Waals surface area contributed by atoms with Gasteiger partial charge in [0.1, 0.15) is 0 Å². The van der Waals surface area contributed by atoms with Crippen LogP contribution in [0.3, 0.4) is 0 Å². The van der Waals surface area contributed by atoms with Gasteiger partial charge in [0, 0.05) is 23.2 Å². The molecule has 210 valence electrons. The average molecular weight is 582 g/mol. The summed E-state index contributed by atoms with van der Waals surface area (Å²) in [7, 11) is -3.88. The number of nitrogens with zero attached hydrogens (tertiary/aromatic N) is 3. The van der Waals surface area contributed by atoms with Gasteiger partial charge >= 0.3 is 6.09 Å². The molecule has 0 saturated heterocycles. The first-order valence-electron chi connectivity index (χ1n) is 13.1. The molecule has 0 spiro atoms. The maximum atomic E-state index is 13.6. The molecule has 1 aliphatic carbocycles. The van der Waals surface area contributed by atoms with Crippen molar-refractivity contribution < 1.29 is 18.3 Å². The Morgan fingerprint density at radius 1 is 1.12 bits per heavy atom. The Morgan fingerprint density at radius 2 is 1.82 bits per heavy atom. The predicted molar refractivity (Wildman–Crippen MR) is 156 cm³/mol. The second-order valence-corrected chi connectivity index (χ2v) is 13.5. The van der Waals surface area contributed by atoms with Crippen molar-refractivity contribution in [3.05, 3.63) is 72.0 Å². The summed E-state index contributed by atoms with van der Waals surface area (Å²) in [6.07, 6.45) is 4.98. The second kappa shape index (κ2) is 10.4. The van der Waals surface area contributed by atoms with Gasteiger partial charge in [-0.3, -0.25) is 0 Å². The van der Waals surface area contributed by atoms with E-state index in [4.69, 9.17) is 16.6 Å². The predicted octanol–water partition coefficient (Wildman–Crippen LogP) is 6.40. The van der Waals surface area contributed by atoms with Crippen LogP contribution >= 0.6 is 11.6 Å². The molecular weight excluding hydrogens is 550 g/mol. The van der Waals surface area contributed by atoms with Crippen LogP contribution in [0, 0.1) is 5.41 Å². The van der Waals surface area contributed by atoms with Gasteiger partial charge in [-0.05, 0) is 49.3 Å². The quantitative estimate of drug-likeness (QED) is 0.240. The highest BCUT2D eigenvalue weighted by Crippen LogP contribution is 2.43. The lowest BCUT2D eigenvalue weighted by Gasteiger charge is -2.49. The maximum Gasteiger partial charge on any atom is 0.405 e. The molecule has 0 bridgehead atoms. The van der Waals surface area contributed by atoms with Crippen LogP contribution in [0.1, 0.15) is 46.5 Å². The molecule has 1 aliphatic rings. The van der Waals surface area contributed by atoms with E-state index in [0.717, 1.165) is 19.3 Å². The normalized spacial score (nSPS) is 19.9. The van der Waals surface area contributed by atoms with E-state index in [1.807, 2.05) is 32.9 Å². The lowest BCUT2D eigenvalue weighted by molar-refractivity contribution is 0.0790. The monoisotopic (exact) mass is 581 g/mol. The Hall–Kier alpha value is -3.63. The molecule has 4 aromatic rings. The molecule has 1 amide bonds. The van der Waals surface area contributed by atoms with E-state index in [-0.39, 0.29) is 21.4 Å². The van der Waals surface area contributed by atoms with Gasteiger partial charge in [0.15, 0.2) is 0 Å². The summed E-state index contributed by atoms with van der Waals surface area (Å²) in [6.45, 7) is 6.13. The molecule has 2 atom stereocenters. The molecule has 1 fully saturated rings. The van der Waals surface area contributed by atoms with Crippen molar-refractivity contribution in [1.82, 2.24) is 19.3 Å². The number of rotatable bonds is 6. The Kier molecular flexibility index (Phi) is 7.26. The van der Waals surface area contributed by atoms with Crippen LogP contribution in [-0.4, -0.2) is 45.1 Å². The van der Waals surface area contributed by atoms with E-state index in [2.05, 4.69) is 15.6 Å². The lowest BCUT2D eigenvalue weighted by Crippen LogP contribution is -2.60. The number of carboxylic acid groups (broad SMARTS) is 1. The molecular formula is C29H32ClN5O4S. The zero-order chi connectivity index (χ0) is 28.7. The number of aromatic nitrogens is 3. The minimum Gasteiger partial charge on any atom is -0.465 e. The molecule has 1 unspecified atom stereocenters. The molecule has 0 radical (unpaired) electrons. The number of carbonyl (C=O) groups is 1. The summed E-state index contributed by atoms with van der Waals surface area (Å²) in [6, 6.07) is 15.4. The minimum absolute atomic E-state index is 0.0753. The van der Waals surface area contributed by atoms with Crippen molar-refractivity contribution >= 4 is 44.6 Å². The third kappa shape index (κ3) is 5.13. The number of amides is 1. The number of fused-ring (bicyclic) bond motifs is 1. The van der Waals surface area contributed by atoms with E-state index in [1.165, 1.54) is 10.2 Å². The molecule has 3 N–H and O–H groups in total. The fraction of sp³-hybridized carbons (Fsp3) is 0.345. The lowest BCUT2D eigenvalue weighted by atomic mass is 9.64. The third-order valence-corrected chi connectivity index (χ3v) is 9.81. The Morgan fingerprint density at radius 3 is 2.52 bits per heavy atom. The number of nitrogens with one attached hydrogen (secondary N) is 2. The molecule has 1 saturated carbocycles. The molecule has 11 heteroatoms. The largest absolute Gasteiger partial charge is 0.465 e. The summed E-state index contributed by atoms with van der Waals surface area (Å²) in [5.74, 6) is 0.340. The third-order valence-electron chi connectivity index (χ3n) is 7.84. The first-order chi connectivity index (χ1) is 18.9. The highest BCUT2D eigenvalue weighted by Gasteiger charge is 2.46. The van der Waals surface area contributed by atoms with Crippen LogP contribution in [0.25, 0.3) is 22.2 Å². The van der Waals surface area contributed by atoms with E-state index < -0.39 is 21.7 Å². The molecule has 2 heterocycles. The van der Waals surface area contributed by atoms with Crippen molar-refractivity contribution in [2.75, 3.05) is 5.32 Å². The zero-order valence-electron chi connectivity index (χ0n) is 22.6. The summed E-state index contributed by atoms with van der Waals surface area (Å²) >= 11 is 6.59. The SMILES string of the molecule is CC(C)(C)C1(NC(=O)O)CCC[C@@H](Nc2ncc(Cl)c(-c3cn(S(=O)(=O)c4ccccc4)c4ccccc34)n2)C1. The molecule has 40 heavy (non-hydrogen) atoms. The molecule has 5 rings (SSSR count). The van der Waals surface area contributed by atoms with Crippen molar-refractivity contribution in [2.24, 2.45) is 5.41 Å². The van der Waals surface area contributed by atoms with E-state index in [1.54, 1.807) is 48.7 Å². The Balaban J connectivity index is 1.52. The van der Waals surface area contributed by atoms with Crippen LogP contribution < -0.4 is 10.6 Å². The highest BCUT2D eigenvalue weighted by atomic mass is 35.5. The van der Waals surface area contributed by atoms with Gasteiger partial charge in [0.25, 0.3) is 10.0 Å². The van der Waals surface area contributed by atoms with Gasteiger partial charge in [-0.25, -0.2) is 27.2 Å². The minimum atomic E-state index is -3.88. The topological polar surface area (TPSA) is 126 Å². The first kappa shape index (κ1) is 27.9. The van der Waals surface area contributed by atoms with Crippen molar-refractivity contribution in [3.8, 4) is 11.3 Å². The number of hydrogen-bond acceptors (Lipinski definition) is 6. The van der Waals surface area contributed by atoms with E-state index in [0.29, 0.717) is 34.5 Å². The Bertz CT molecular complexity index is 1670. The number of anilines is 1. The van der Waals surface area contributed by atoms with Gasteiger partial charge in [0.05, 0.1) is 32.9 Å². The number of para-hydroxylation sites is 1. The van der Waals surface area contributed by atoms with Crippen molar-refractivity contribution in [3.63, 3.8) is 0 Å². The van der Waals surface area contributed by atoms with Gasteiger partial charge in [-0.1, -0.05) is 68.8 Å². The summed E-state index contributed by atoms with van der Waals surface area (Å²) in [5.41, 5.74) is 0.560. The fourth-order valence-corrected chi connectivity index (χ4v) is 7.22. The average Bonchev–Trinajstić information content (AvgIpc) is 3.30. The molecule has 2 aromatic carbocycles. The number of hydrogen-bond donors (Lipinski definition) is 3. The maximum absolute atomic E-state index is 13.6. The van der Waals surface area contributed by atoms with Gasteiger partial charge in [-0.2, -0.15) is 0 Å². The fourth-order valence-electron chi connectivity index (χ4n) is 5.64. The van der Waals surface area contributed by atoms with Crippen LogP contribution in [0.5, 0.6) is 0 Å². The van der Waals surface area contributed by atoms with Crippen molar-refractivity contribution in [1.29, 1.82) is 0 Å². The summed E-state index contributed by atoms with van der Waals surface area (Å²) in [4.78, 5) is 21.0. The zero-order valence-corrected chi connectivity index (χ0v) is 24.1.